The Kier molecular flexibility index (Phi) is 3.88. The Labute approximate surface area is 99.0 Å². The van der Waals surface area contributed by atoms with Crippen molar-refractivity contribution in [2.45, 2.75) is 69.6 Å². The maximum Gasteiger partial charge on any atom is 0.0644 e. The number of aliphatic hydroxyl groups is 1. The van der Waals surface area contributed by atoms with Crippen molar-refractivity contribution in [3.63, 3.8) is 0 Å². The first kappa shape index (κ1) is 12.3. The lowest BCUT2D eigenvalue weighted by Gasteiger charge is -2.41. The molecule has 2 unspecified atom stereocenters. The Bertz CT molecular complexity index is 220. The molecule has 1 aliphatic carbocycles. The molecule has 0 aromatic heterocycles. The third kappa shape index (κ3) is 2.96. The number of hydrogen-bond donors (Lipinski definition) is 2. The molecule has 1 saturated carbocycles. The van der Waals surface area contributed by atoms with Gasteiger partial charge in [0.2, 0.25) is 0 Å². The van der Waals surface area contributed by atoms with Crippen LogP contribution >= 0.6 is 0 Å². The van der Waals surface area contributed by atoms with Crippen LogP contribution in [0.2, 0.25) is 0 Å². The van der Waals surface area contributed by atoms with Crippen LogP contribution in [0.4, 0.5) is 0 Å². The lowest BCUT2D eigenvalue weighted by atomic mass is 9.91. The van der Waals surface area contributed by atoms with E-state index in [1.165, 1.54) is 32.1 Å². The molecule has 0 aromatic carbocycles. The zero-order valence-corrected chi connectivity index (χ0v) is 10.5. The first-order chi connectivity index (χ1) is 7.58. The van der Waals surface area contributed by atoms with Gasteiger partial charge in [0, 0.05) is 25.2 Å². The lowest BCUT2D eigenvalue weighted by molar-refractivity contribution is -0.0203. The van der Waals surface area contributed by atoms with Gasteiger partial charge in [-0.1, -0.05) is 19.3 Å². The summed E-state index contributed by atoms with van der Waals surface area (Å²) in [6.45, 7) is 3.99. The molecule has 3 nitrogen and oxygen atoms in total. The van der Waals surface area contributed by atoms with Gasteiger partial charge in [-0.25, -0.2) is 0 Å². The molecule has 3 heteroatoms. The minimum Gasteiger partial charge on any atom is -0.390 e. The van der Waals surface area contributed by atoms with E-state index in [1.54, 1.807) is 0 Å². The summed E-state index contributed by atoms with van der Waals surface area (Å²) in [7, 11) is 0. The SMILES string of the molecule is CC1(O)CCN(C2CCCCCC2N)CC1. The standard InChI is InChI=1S/C13H26N2O/c1-13(16)7-9-15(10-8-13)12-6-4-2-3-5-11(12)14/h11-12,16H,2-10,14H2,1H3. The zero-order valence-electron chi connectivity index (χ0n) is 10.5. The minimum absolute atomic E-state index is 0.352. The summed E-state index contributed by atoms with van der Waals surface area (Å²) >= 11 is 0. The van der Waals surface area contributed by atoms with Gasteiger partial charge in [-0.05, 0) is 32.6 Å². The van der Waals surface area contributed by atoms with Crippen molar-refractivity contribution in [3.8, 4) is 0 Å². The Morgan fingerprint density at radius 3 is 2.44 bits per heavy atom. The first-order valence-corrected chi connectivity index (χ1v) is 6.80. The van der Waals surface area contributed by atoms with Crippen LogP contribution in [0.25, 0.3) is 0 Å². The fourth-order valence-corrected chi connectivity index (χ4v) is 3.11. The van der Waals surface area contributed by atoms with Gasteiger partial charge < -0.3 is 10.8 Å². The van der Waals surface area contributed by atoms with Crippen molar-refractivity contribution in [2.75, 3.05) is 13.1 Å². The molecule has 94 valence electrons. The fourth-order valence-electron chi connectivity index (χ4n) is 3.11. The minimum atomic E-state index is -0.439. The summed E-state index contributed by atoms with van der Waals surface area (Å²) in [4.78, 5) is 2.52. The van der Waals surface area contributed by atoms with Crippen LogP contribution in [0.3, 0.4) is 0 Å². The molecule has 0 bridgehead atoms. The van der Waals surface area contributed by atoms with Crippen molar-refractivity contribution in [2.24, 2.45) is 5.73 Å². The van der Waals surface area contributed by atoms with E-state index in [9.17, 15) is 5.11 Å². The molecule has 2 rings (SSSR count). The Morgan fingerprint density at radius 2 is 1.75 bits per heavy atom. The highest BCUT2D eigenvalue weighted by molar-refractivity contribution is 4.90. The highest BCUT2D eigenvalue weighted by Gasteiger charge is 2.33. The second-order valence-electron chi connectivity index (χ2n) is 5.90. The molecule has 0 radical (unpaired) electrons. The molecule has 3 N–H and O–H groups in total. The van der Waals surface area contributed by atoms with E-state index in [4.69, 9.17) is 5.73 Å². The van der Waals surface area contributed by atoms with Crippen LogP contribution in [0.1, 0.15) is 51.9 Å². The summed E-state index contributed by atoms with van der Waals surface area (Å²) in [6.07, 6.45) is 8.19. The van der Waals surface area contributed by atoms with Crippen LogP contribution in [0, 0.1) is 0 Å². The molecular formula is C13H26N2O. The van der Waals surface area contributed by atoms with E-state index in [0.29, 0.717) is 12.1 Å². The number of hydrogen-bond acceptors (Lipinski definition) is 3. The molecule has 2 aliphatic rings. The Balaban J connectivity index is 1.91. The average molecular weight is 226 g/mol. The van der Waals surface area contributed by atoms with Gasteiger partial charge in [-0.15, -0.1) is 0 Å². The molecule has 0 aromatic rings. The second-order valence-corrected chi connectivity index (χ2v) is 5.90. The van der Waals surface area contributed by atoms with Gasteiger partial charge in [-0.3, -0.25) is 4.90 Å². The topological polar surface area (TPSA) is 49.5 Å². The molecule has 0 spiro atoms. The van der Waals surface area contributed by atoms with E-state index < -0.39 is 5.60 Å². The maximum absolute atomic E-state index is 9.95. The highest BCUT2D eigenvalue weighted by Crippen LogP contribution is 2.27. The van der Waals surface area contributed by atoms with Gasteiger partial charge in [0.1, 0.15) is 0 Å². The van der Waals surface area contributed by atoms with Crippen molar-refractivity contribution < 1.29 is 5.11 Å². The molecule has 0 amide bonds. The summed E-state index contributed by atoms with van der Waals surface area (Å²) in [5.41, 5.74) is 5.83. The van der Waals surface area contributed by atoms with Gasteiger partial charge in [0.15, 0.2) is 0 Å². The van der Waals surface area contributed by atoms with E-state index in [-0.39, 0.29) is 0 Å². The van der Waals surface area contributed by atoms with Crippen LogP contribution in [0.15, 0.2) is 0 Å². The maximum atomic E-state index is 9.95. The molecule has 1 heterocycles. The molecular weight excluding hydrogens is 200 g/mol. The largest absolute Gasteiger partial charge is 0.390 e. The van der Waals surface area contributed by atoms with E-state index in [0.717, 1.165) is 25.9 Å². The smallest absolute Gasteiger partial charge is 0.0644 e. The molecule has 2 atom stereocenters. The predicted molar refractivity (Wildman–Crippen MR) is 66.3 cm³/mol. The van der Waals surface area contributed by atoms with Crippen molar-refractivity contribution in [1.29, 1.82) is 0 Å². The van der Waals surface area contributed by atoms with E-state index >= 15 is 0 Å². The van der Waals surface area contributed by atoms with Crippen molar-refractivity contribution >= 4 is 0 Å². The van der Waals surface area contributed by atoms with Crippen LogP contribution in [-0.2, 0) is 0 Å². The number of likely N-dealkylation sites (tertiary alicyclic amines) is 1. The van der Waals surface area contributed by atoms with E-state index in [1.807, 2.05) is 6.92 Å². The predicted octanol–water partition coefficient (Wildman–Crippen LogP) is 1.49. The van der Waals surface area contributed by atoms with Crippen LogP contribution in [0.5, 0.6) is 0 Å². The Hall–Kier alpha value is -0.120. The third-order valence-corrected chi connectivity index (χ3v) is 4.38. The fraction of sp³-hybridized carbons (Fsp3) is 1.00. The third-order valence-electron chi connectivity index (χ3n) is 4.38. The Morgan fingerprint density at radius 1 is 1.12 bits per heavy atom. The number of rotatable bonds is 1. The van der Waals surface area contributed by atoms with E-state index in [2.05, 4.69) is 4.90 Å². The van der Waals surface area contributed by atoms with Gasteiger partial charge in [-0.2, -0.15) is 0 Å². The second kappa shape index (κ2) is 5.03. The molecule has 1 aliphatic heterocycles. The number of nitrogens with two attached hydrogens (primary N) is 1. The first-order valence-electron chi connectivity index (χ1n) is 6.80. The lowest BCUT2D eigenvalue weighted by Crippen LogP contribution is -2.52. The molecule has 16 heavy (non-hydrogen) atoms. The summed E-state index contributed by atoms with van der Waals surface area (Å²) in [5, 5.41) is 9.95. The molecule has 2 fully saturated rings. The van der Waals surface area contributed by atoms with Gasteiger partial charge in [0.05, 0.1) is 5.60 Å². The number of nitrogens with zero attached hydrogens (tertiary/aromatic N) is 1. The zero-order chi connectivity index (χ0) is 11.6. The monoisotopic (exact) mass is 226 g/mol. The van der Waals surface area contributed by atoms with Crippen molar-refractivity contribution in [1.82, 2.24) is 4.90 Å². The normalized spacial score (nSPS) is 36.9. The summed E-state index contributed by atoms with van der Waals surface area (Å²) in [6, 6.07) is 0.921. The van der Waals surface area contributed by atoms with Crippen molar-refractivity contribution in [3.05, 3.63) is 0 Å². The summed E-state index contributed by atoms with van der Waals surface area (Å²) in [5.74, 6) is 0. The van der Waals surface area contributed by atoms with Crippen LogP contribution < -0.4 is 5.73 Å². The van der Waals surface area contributed by atoms with Gasteiger partial charge in [0.25, 0.3) is 0 Å². The van der Waals surface area contributed by atoms with Gasteiger partial charge >= 0.3 is 0 Å². The number of piperidine rings is 1. The summed E-state index contributed by atoms with van der Waals surface area (Å²) < 4.78 is 0. The average Bonchev–Trinajstić information content (AvgIpc) is 2.44. The quantitative estimate of drug-likeness (QED) is 0.666. The highest BCUT2D eigenvalue weighted by atomic mass is 16.3. The molecule has 1 saturated heterocycles. The van der Waals surface area contributed by atoms with Crippen LogP contribution in [-0.4, -0.2) is 40.8 Å².